The Bertz CT molecular complexity index is 1310. The lowest BCUT2D eigenvalue weighted by atomic mass is 9.66. The largest absolute Gasteiger partial charge is 0.487 e. The molecule has 3 fully saturated rings. The second-order valence-corrected chi connectivity index (χ2v) is 14.1. The number of fused-ring (bicyclic) bond motifs is 1. The zero-order valence-electron chi connectivity index (χ0n) is 24.2. The molecule has 1 N–H and O–H groups in total. The molecule has 3 aliphatic heterocycles. The summed E-state index contributed by atoms with van der Waals surface area (Å²) >= 11 is 6.75. The fourth-order valence-electron chi connectivity index (χ4n) is 7.40. The predicted octanol–water partition coefficient (Wildman–Crippen LogP) is 4.99. The number of hydrogen-bond acceptors (Lipinski definition) is 6. The van der Waals surface area contributed by atoms with Crippen LogP contribution in [0.2, 0.25) is 5.02 Å². The number of carbonyl (C=O) groups excluding carboxylic acids is 2. The van der Waals surface area contributed by atoms with E-state index in [4.69, 9.17) is 21.2 Å². The molecule has 3 heterocycles. The van der Waals surface area contributed by atoms with Crippen molar-refractivity contribution in [1.29, 1.82) is 0 Å². The van der Waals surface area contributed by atoms with Crippen LogP contribution in [-0.4, -0.2) is 70.2 Å². The minimum Gasteiger partial charge on any atom is -0.487 e. The van der Waals surface area contributed by atoms with E-state index in [0.29, 0.717) is 62.5 Å². The van der Waals surface area contributed by atoms with Crippen molar-refractivity contribution >= 4 is 35.1 Å². The summed E-state index contributed by atoms with van der Waals surface area (Å²) in [7, 11) is 0. The molecule has 2 aliphatic carbocycles. The molecule has 2 saturated carbocycles. The standard InChI is InChI=1S/C31H40ClN3O6/c1-29(2)14-19(33-41-29)17-40-24-8-7-22(32)20-9-13-35(27(37)21-6-4-5-10-30(21,3)28(38)39)23(26(20)24)16-34-18-31(11-12-31)15-25(34)36/h7-8,21,23H,4-6,9-18H2,1-3H3,(H,38,39)/t21-,23+,30-/m0/s1. The first-order chi connectivity index (χ1) is 19.4. The van der Waals surface area contributed by atoms with Gasteiger partial charge in [-0.05, 0) is 76.0 Å². The smallest absolute Gasteiger partial charge is 0.310 e. The van der Waals surface area contributed by atoms with Crippen molar-refractivity contribution in [2.45, 2.75) is 90.2 Å². The van der Waals surface area contributed by atoms with Gasteiger partial charge in [0, 0.05) is 43.1 Å². The van der Waals surface area contributed by atoms with Gasteiger partial charge in [-0.3, -0.25) is 14.4 Å². The van der Waals surface area contributed by atoms with Crippen LogP contribution in [0.3, 0.4) is 0 Å². The number of halogens is 1. The number of carbonyl (C=O) groups is 3. The van der Waals surface area contributed by atoms with Crippen LogP contribution in [0.5, 0.6) is 5.75 Å². The van der Waals surface area contributed by atoms with Crippen molar-refractivity contribution in [2.75, 3.05) is 26.2 Å². The highest BCUT2D eigenvalue weighted by Gasteiger charge is 2.54. The molecular formula is C31H40ClN3O6. The van der Waals surface area contributed by atoms with Crippen LogP contribution in [0, 0.1) is 16.7 Å². The lowest BCUT2D eigenvalue weighted by Crippen LogP contribution is -2.52. The minimum absolute atomic E-state index is 0.0791. The maximum Gasteiger partial charge on any atom is 0.310 e. The topological polar surface area (TPSA) is 109 Å². The summed E-state index contributed by atoms with van der Waals surface area (Å²) in [6.07, 6.45) is 6.46. The van der Waals surface area contributed by atoms with Crippen molar-refractivity contribution in [2.24, 2.45) is 21.9 Å². The summed E-state index contributed by atoms with van der Waals surface area (Å²) in [6.45, 7) is 7.34. The number of rotatable bonds is 7. The summed E-state index contributed by atoms with van der Waals surface area (Å²) in [5.41, 5.74) is 1.10. The Morgan fingerprint density at radius 3 is 2.61 bits per heavy atom. The number of nitrogens with zero attached hydrogens (tertiary/aromatic N) is 3. The van der Waals surface area contributed by atoms with Gasteiger partial charge in [-0.2, -0.15) is 0 Å². The number of ether oxygens (including phenoxy) is 1. The third-order valence-electron chi connectivity index (χ3n) is 10.1. The minimum atomic E-state index is -1.12. The lowest BCUT2D eigenvalue weighted by molar-refractivity contribution is -0.162. The van der Waals surface area contributed by atoms with E-state index in [1.165, 1.54) is 0 Å². The van der Waals surface area contributed by atoms with Gasteiger partial charge >= 0.3 is 5.97 Å². The molecule has 41 heavy (non-hydrogen) atoms. The first kappa shape index (κ1) is 28.3. The van der Waals surface area contributed by atoms with Crippen molar-refractivity contribution in [3.63, 3.8) is 0 Å². The van der Waals surface area contributed by atoms with Gasteiger partial charge in [0.25, 0.3) is 0 Å². The number of carboxylic acid groups (broad SMARTS) is 1. The lowest BCUT2D eigenvalue weighted by Gasteiger charge is -2.45. The normalized spacial score (nSPS) is 29.7. The van der Waals surface area contributed by atoms with E-state index in [1.807, 2.05) is 35.8 Å². The van der Waals surface area contributed by atoms with Crippen LogP contribution in [-0.2, 0) is 25.6 Å². The van der Waals surface area contributed by atoms with Gasteiger partial charge in [-0.15, -0.1) is 0 Å². The van der Waals surface area contributed by atoms with Gasteiger partial charge < -0.3 is 24.5 Å². The van der Waals surface area contributed by atoms with Gasteiger partial charge in [-0.1, -0.05) is 29.6 Å². The third-order valence-corrected chi connectivity index (χ3v) is 10.4. The van der Waals surface area contributed by atoms with E-state index in [1.54, 1.807) is 6.92 Å². The SMILES string of the molecule is CC1(C)CC(COc2ccc(Cl)c3c2[C@@H](CN2CC4(CC4)CC2=O)N(C(=O)[C@@H]2CCCC[C@]2(C)C(=O)O)CC3)=NO1. The van der Waals surface area contributed by atoms with Crippen molar-refractivity contribution in [3.05, 3.63) is 28.3 Å². The molecule has 0 unspecified atom stereocenters. The van der Waals surface area contributed by atoms with E-state index in [0.717, 1.165) is 42.5 Å². The number of oxime groups is 1. The van der Waals surface area contributed by atoms with Crippen molar-refractivity contribution in [3.8, 4) is 5.75 Å². The Balaban J connectivity index is 1.35. The fraction of sp³-hybridized carbons (Fsp3) is 0.677. The first-order valence-electron chi connectivity index (χ1n) is 14.9. The molecule has 1 aromatic carbocycles. The molecule has 5 aliphatic rings. The van der Waals surface area contributed by atoms with E-state index < -0.39 is 23.3 Å². The Hall–Kier alpha value is -2.81. The van der Waals surface area contributed by atoms with Crippen LogP contribution in [0.1, 0.15) is 89.3 Å². The Morgan fingerprint density at radius 1 is 1.17 bits per heavy atom. The summed E-state index contributed by atoms with van der Waals surface area (Å²) in [4.78, 5) is 49.2. The zero-order chi connectivity index (χ0) is 29.2. The molecule has 3 atom stereocenters. The summed E-state index contributed by atoms with van der Waals surface area (Å²) < 4.78 is 6.36. The number of amides is 2. The number of carboxylic acids is 1. The van der Waals surface area contributed by atoms with Crippen molar-refractivity contribution in [1.82, 2.24) is 9.80 Å². The summed E-state index contributed by atoms with van der Waals surface area (Å²) in [6, 6.07) is 3.17. The van der Waals surface area contributed by atoms with Crippen LogP contribution < -0.4 is 4.74 Å². The van der Waals surface area contributed by atoms with Gasteiger partial charge in [0.15, 0.2) is 0 Å². The molecule has 9 nitrogen and oxygen atoms in total. The number of aliphatic carboxylic acids is 1. The molecule has 10 heteroatoms. The number of likely N-dealkylation sites (tertiary alicyclic amines) is 1. The second-order valence-electron chi connectivity index (χ2n) is 13.7. The molecule has 0 bridgehead atoms. The first-order valence-corrected chi connectivity index (χ1v) is 15.3. The average molecular weight is 586 g/mol. The van der Waals surface area contributed by atoms with Crippen LogP contribution in [0.4, 0.5) is 0 Å². The Labute approximate surface area is 246 Å². The highest BCUT2D eigenvalue weighted by molar-refractivity contribution is 6.31. The van der Waals surface area contributed by atoms with E-state index in [-0.39, 0.29) is 29.4 Å². The predicted molar refractivity (Wildman–Crippen MR) is 153 cm³/mol. The number of hydrogen-bond donors (Lipinski definition) is 1. The van der Waals surface area contributed by atoms with E-state index >= 15 is 0 Å². The Morgan fingerprint density at radius 2 is 1.95 bits per heavy atom. The zero-order valence-corrected chi connectivity index (χ0v) is 25.0. The maximum absolute atomic E-state index is 14.4. The Kier molecular flexibility index (Phi) is 7.03. The van der Waals surface area contributed by atoms with Gasteiger partial charge in [0.2, 0.25) is 11.8 Å². The van der Waals surface area contributed by atoms with E-state index in [2.05, 4.69) is 5.16 Å². The molecule has 222 valence electrons. The molecule has 0 radical (unpaired) electrons. The van der Waals surface area contributed by atoms with E-state index in [9.17, 15) is 19.5 Å². The molecular weight excluding hydrogens is 546 g/mol. The van der Waals surface area contributed by atoms with Crippen LogP contribution >= 0.6 is 11.6 Å². The molecule has 0 aromatic heterocycles. The summed E-state index contributed by atoms with van der Waals surface area (Å²) in [5, 5.41) is 15.0. The highest BCUT2D eigenvalue weighted by atomic mass is 35.5. The van der Waals surface area contributed by atoms with Crippen LogP contribution in [0.15, 0.2) is 17.3 Å². The molecule has 2 amide bonds. The quantitative estimate of drug-likeness (QED) is 0.483. The highest BCUT2D eigenvalue weighted by Crippen LogP contribution is 2.54. The van der Waals surface area contributed by atoms with Gasteiger partial charge in [0.05, 0.1) is 23.1 Å². The fourth-order valence-corrected chi connectivity index (χ4v) is 7.66. The monoisotopic (exact) mass is 585 g/mol. The van der Waals surface area contributed by atoms with Crippen molar-refractivity contribution < 1.29 is 29.1 Å². The second kappa shape index (κ2) is 10.2. The molecule has 1 spiro atoms. The average Bonchev–Trinajstić information content (AvgIpc) is 3.48. The summed E-state index contributed by atoms with van der Waals surface area (Å²) in [5.74, 6) is -0.989. The van der Waals surface area contributed by atoms with Gasteiger partial charge in [-0.25, -0.2) is 0 Å². The molecule has 6 rings (SSSR count). The molecule has 1 saturated heterocycles. The third kappa shape index (κ3) is 5.19. The number of benzene rings is 1. The maximum atomic E-state index is 14.4. The van der Waals surface area contributed by atoms with Crippen LogP contribution in [0.25, 0.3) is 0 Å². The van der Waals surface area contributed by atoms with Gasteiger partial charge in [0.1, 0.15) is 18.0 Å². The molecule has 1 aromatic rings.